The lowest BCUT2D eigenvalue weighted by Gasteiger charge is -2.14. The van der Waals surface area contributed by atoms with Crippen molar-refractivity contribution < 1.29 is 47.9 Å². The maximum atomic E-state index is 12.6. The number of ether oxygens (including phenoxy) is 2. The summed E-state index contributed by atoms with van der Waals surface area (Å²) in [5, 5.41) is 44.0. The maximum Gasteiger partial charge on any atom is 0.259 e. The van der Waals surface area contributed by atoms with Gasteiger partial charge >= 0.3 is 0 Å². The smallest absolute Gasteiger partial charge is 0.259 e. The quantitative estimate of drug-likeness (QED) is 0.109. The van der Waals surface area contributed by atoms with Crippen molar-refractivity contribution in [2.75, 3.05) is 37.1 Å². The van der Waals surface area contributed by atoms with Crippen molar-refractivity contribution in [3.8, 4) is 11.5 Å². The fourth-order valence-electron chi connectivity index (χ4n) is 4.43. The summed E-state index contributed by atoms with van der Waals surface area (Å²) in [7, 11) is -3.49. The third-order valence-corrected chi connectivity index (χ3v) is 9.28. The molecule has 2 atom stereocenters. The van der Waals surface area contributed by atoms with E-state index in [-0.39, 0.29) is 40.7 Å². The fraction of sp³-hybridized carbons (Fsp3) is 0.200. The molecule has 0 aromatic heterocycles. The van der Waals surface area contributed by atoms with Gasteiger partial charge in [-0.15, -0.1) is 0 Å². The lowest BCUT2D eigenvalue weighted by molar-refractivity contribution is 0.0532. The van der Waals surface area contributed by atoms with Crippen molar-refractivity contribution in [3.63, 3.8) is 0 Å². The number of anilines is 2. The van der Waals surface area contributed by atoms with Gasteiger partial charge in [-0.2, -0.15) is 0 Å². The Hall–Kier alpha value is -4.18. The van der Waals surface area contributed by atoms with E-state index in [1.165, 1.54) is 42.5 Å². The van der Waals surface area contributed by atoms with E-state index >= 15 is 0 Å². The van der Waals surface area contributed by atoms with Gasteiger partial charge in [-0.25, -0.2) is 8.42 Å². The van der Waals surface area contributed by atoms with E-state index in [9.17, 15) is 28.2 Å². The number of sulfone groups is 1. The first kappa shape index (κ1) is 39.6. The number of aryl methyl sites for hydroxylation is 1. The highest BCUT2D eigenvalue weighted by atomic mass is 35.5. The van der Waals surface area contributed by atoms with E-state index in [0.29, 0.717) is 32.0 Å². The Morgan fingerprint density at radius 1 is 0.745 bits per heavy atom. The molecule has 0 fully saturated rings. The lowest BCUT2D eigenvalue weighted by Crippen LogP contribution is -2.22. The van der Waals surface area contributed by atoms with Crippen LogP contribution in [0.5, 0.6) is 11.5 Å². The molecule has 1 aliphatic rings. The summed E-state index contributed by atoms with van der Waals surface area (Å²) >= 11 is 18.0. The number of fused-ring (bicyclic) bond motifs is 1. The number of rotatable bonds is 12. The van der Waals surface area contributed by atoms with Crippen molar-refractivity contribution >= 4 is 73.9 Å². The maximum absolute atomic E-state index is 12.6. The minimum atomic E-state index is -3.49. The number of aliphatic hydroxyl groups excluding tert-OH is 4. The summed E-state index contributed by atoms with van der Waals surface area (Å²) in [6, 6.07) is 18.8. The molecule has 0 bridgehead atoms. The van der Waals surface area contributed by atoms with Crippen LogP contribution in [0.2, 0.25) is 15.1 Å². The van der Waals surface area contributed by atoms with Crippen LogP contribution in [0.1, 0.15) is 31.8 Å². The van der Waals surface area contributed by atoms with Gasteiger partial charge in [0.05, 0.1) is 39.9 Å². The monoisotopic (exact) mass is 778 g/mol. The van der Waals surface area contributed by atoms with Crippen LogP contribution in [0.15, 0.2) is 83.1 Å². The number of halogens is 3. The minimum absolute atomic E-state index is 0.106. The molecular weight excluding hydrogens is 747 g/mol. The summed E-state index contributed by atoms with van der Waals surface area (Å²) in [5.41, 5.74) is 2.60. The number of benzene rings is 4. The highest BCUT2D eigenvalue weighted by Crippen LogP contribution is 2.31. The van der Waals surface area contributed by atoms with Crippen LogP contribution < -0.4 is 20.1 Å². The average molecular weight is 780 g/mol. The van der Waals surface area contributed by atoms with E-state index in [4.69, 9.17) is 54.5 Å². The van der Waals surface area contributed by atoms with Gasteiger partial charge in [0.1, 0.15) is 36.9 Å². The van der Waals surface area contributed by atoms with E-state index < -0.39 is 47.1 Å². The molecule has 1 heterocycles. The standard InChI is InChI=1S/C18H16ClNO6S.C17H17Cl2NO4/c19-12-2-4-16(26-10-14(22)9-21)15(7-12)18(23)20-13-3-1-11-5-6-27(24,25)17(11)8-13;1-10-2-4-15(14(19)6-10)20-17(23)13-7-11(18)3-5-16(13)24-9-12(22)8-21/h1-8,14,21-22H,9-10H2,(H,20,23);2-7,12,21-22H,8-9H2,1H3,(H,20,23). The van der Waals surface area contributed by atoms with Gasteiger partial charge in [0.2, 0.25) is 9.84 Å². The first-order chi connectivity index (χ1) is 24.2. The zero-order valence-corrected chi connectivity index (χ0v) is 29.9. The molecule has 5 rings (SSSR count). The molecule has 0 saturated carbocycles. The second kappa shape index (κ2) is 17.8. The van der Waals surface area contributed by atoms with Gasteiger partial charge < -0.3 is 40.5 Å². The predicted octanol–water partition coefficient (Wildman–Crippen LogP) is 5.37. The second-order valence-electron chi connectivity index (χ2n) is 11.1. The summed E-state index contributed by atoms with van der Waals surface area (Å²) in [4.78, 5) is 25.3. The Balaban J connectivity index is 0.000000230. The molecule has 0 saturated heterocycles. The molecule has 4 aromatic rings. The molecular formula is C35H33Cl3N2O10S. The van der Waals surface area contributed by atoms with Crippen LogP contribution in [0.4, 0.5) is 11.4 Å². The third-order valence-electron chi connectivity index (χ3n) is 7.03. The van der Waals surface area contributed by atoms with Crippen molar-refractivity contribution in [3.05, 3.63) is 116 Å². The third kappa shape index (κ3) is 10.9. The summed E-state index contributed by atoms with van der Waals surface area (Å²) in [5.74, 6) is -0.599. The number of carbonyl (C=O) groups is 2. The number of aliphatic hydroxyl groups is 4. The molecule has 1 aliphatic heterocycles. The zero-order chi connectivity index (χ0) is 37.3. The van der Waals surface area contributed by atoms with Gasteiger partial charge in [0.15, 0.2) is 0 Å². The molecule has 12 nitrogen and oxygen atoms in total. The SMILES string of the molecule is Cc1ccc(NC(=O)c2cc(Cl)ccc2OCC(O)CO)c(Cl)c1.O=C(Nc1ccc2c(c1)S(=O)(=O)C=C2)c1cc(Cl)ccc1OCC(O)CO. The topological polar surface area (TPSA) is 192 Å². The molecule has 51 heavy (non-hydrogen) atoms. The number of hydrogen-bond donors (Lipinski definition) is 6. The normalized spacial score (nSPS) is 13.6. The Bertz CT molecular complexity index is 2040. The minimum Gasteiger partial charge on any atom is -0.490 e. The second-order valence-corrected chi connectivity index (χ2v) is 14.1. The van der Waals surface area contributed by atoms with Crippen molar-refractivity contribution in [2.24, 2.45) is 0 Å². The highest BCUT2D eigenvalue weighted by molar-refractivity contribution is 7.94. The van der Waals surface area contributed by atoms with Crippen LogP contribution in [-0.4, -0.2) is 79.3 Å². The molecule has 0 spiro atoms. The van der Waals surface area contributed by atoms with E-state index in [1.807, 2.05) is 13.0 Å². The Labute approximate surface area is 308 Å². The van der Waals surface area contributed by atoms with E-state index in [2.05, 4.69) is 10.6 Å². The van der Waals surface area contributed by atoms with E-state index in [1.54, 1.807) is 30.3 Å². The van der Waals surface area contributed by atoms with Gasteiger partial charge in [0.25, 0.3) is 11.8 Å². The predicted molar refractivity (Wildman–Crippen MR) is 195 cm³/mol. The highest BCUT2D eigenvalue weighted by Gasteiger charge is 2.22. The largest absolute Gasteiger partial charge is 0.490 e. The molecule has 0 radical (unpaired) electrons. The van der Waals surface area contributed by atoms with Crippen LogP contribution in [-0.2, 0) is 9.84 Å². The number of amides is 2. The van der Waals surface area contributed by atoms with Crippen molar-refractivity contribution in [1.29, 1.82) is 0 Å². The van der Waals surface area contributed by atoms with Gasteiger partial charge in [-0.05, 0) is 84.8 Å². The Kier molecular flexibility index (Phi) is 13.9. The van der Waals surface area contributed by atoms with Crippen LogP contribution >= 0.6 is 34.8 Å². The summed E-state index contributed by atoms with van der Waals surface area (Å²) in [6.07, 6.45) is -0.639. The first-order valence-corrected chi connectivity index (χ1v) is 17.8. The number of nitrogens with one attached hydrogen (secondary N) is 2. The lowest BCUT2D eigenvalue weighted by atomic mass is 10.1. The molecule has 4 aromatic carbocycles. The molecule has 6 N–H and O–H groups in total. The molecule has 270 valence electrons. The van der Waals surface area contributed by atoms with Gasteiger partial charge in [-0.1, -0.05) is 46.9 Å². The van der Waals surface area contributed by atoms with Crippen LogP contribution in [0.3, 0.4) is 0 Å². The first-order valence-electron chi connectivity index (χ1n) is 15.1. The summed E-state index contributed by atoms with van der Waals surface area (Å²) in [6.45, 7) is 0.624. The van der Waals surface area contributed by atoms with Crippen molar-refractivity contribution in [1.82, 2.24) is 0 Å². The summed E-state index contributed by atoms with van der Waals surface area (Å²) < 4.78 is 34.7. The molecule has 2 unspecified atom stereocenters. The molecule has 16 heteroatoms. The Morgan fingerprint density at radius 2 is 1.29 bits per heavy atom. The molecule has 2 amide bonds. The van der Waals surface area contributed by atoms with Crippen LogP contribution in [0.25, 0.3) is 6.08 Å². The molecule has 0 aliphatic carbocycles. The van der Waals surface area contributed by atoms with Crippen molar-refractivity contribution in [2.45, 2.75) is 24.0 Å². The number of carbonyl (C=O) groups excluding carboxylic acids is 2. The van der Waals surface area contributed by atoms with Crippen LogP contribution in [0, 0.1) is 6.92 Å². The van der Waals surface area contributed by atoms with Gasteiger partial charge in [0, 0.05) is 21.1 Å². The van der Waals surface area contributed by atoms with E-state index in [0.717, 1.165) is 11.0 Å². The fourth-order valence-corrected chi connectivity index (χ4v) is 6.29. The Morgan fingerprint density at radius 3 is 1.82 bits per heavy atom. The zero-order valence-electron chi connectivity index (χ0n) is 26.8. The number of hydrogen-bond acceptors (Lipinski definition) is 10. The van der Waals surface area contributed by atoms with Gasteiger partial charge in [-0.3, -0.25) is 9.59 Å². The average Bonchev–Trinajstić information content (AvgIpc) is 3.41.